The summed E-state index contributed by atoms with van der Waals surface area (Å²) in [4.78, 5) is 14.6. The Morgan fingerprint density at radius 1 is 1.00 bits per heavy atom. The minimum atomic E-state index is 0.206. The topological polar surface area (TPSA) is 20.3 Å². The molecule has 98 valence electrons. The van der Waals surface area contributed by atoms with Crippen molar-refractivity contribution in [1.82, 2.24) is 4.90 Å². The number of halogens is 3. The summed E-state index contributed by atoms with van der Waals surface area (Å²) in [7, 11) is 0. The molecular formula is C13H14I3NO. The van der Waals surface area contributed by atoms with Crippen LogP contribution in [0.2, 0.25) is 0 Å². The van der Waals surface area contributed by atoms with Crippen molar-refractivity contribution in [2.45, 2.75) is 25.7 Å². The Labute approximate surface area is 149 Å². The van der Waals surface area contributed by atoms with Gasteiger partial charge in [0.2, 0.25) is 0 Å². The van der Waals surface area contributed by atoms with Crippen molar-refractivity contribution in [2.75, 3.05) is 13.1 Å². The van der Waals surface area contributed by atoms with Gasteiger partial charge in [-0.2, -0.15) is 0 Å². The molecule has 2 rings (SSSR count). The molecule has 1 saturated heterocycles. The minimum Gasteiger partial charge on any atom is -0.339 e. The largest absolute Gasteiger partial charge is 0.339 e. The number of likely N-dealkylation sites (tertiary alicyclic amines) is 1. The van der Waals surface area contributed by atoms with E-state index in [1.54, 1.807) is 0 Å². The first-order valence-corrected chi connectivity index (χ1v) is 9.27. The molecule has 0 aliphatic carbocycles. The quantitative estimate of drug-likeness (QED) is 0.354. The number of rotatable bonds is 1. The van der Waals surface area contributed by atoms with Crippen molar-refractivity contribution in [1.29, 1.82) is 0 Å². The third-order valence-electron chi connectivity index (χ3n) is 3.12. The maximum Gasteiger partial charge on any atom is 0.255 e. The predicted octanol–water partition coefficient (Wildman–Crippen LogP) is 4.52. The summed E-state index contributed by atoms with van der Waals surface area (Å²) in [5, 5.41) is 0. The summed E-state index contributed by atoms with van der Waals surface area (Å²) in [6.45, 7) is 1.83. The van der Waals surface area contributed by atoms with E-state index in [1.807, 2.05) is 11.0 Å². The van der Waals surface area contributed by atoms with Gasteiger partial charge in [-0.1, -0.05) is 12.8 Å². The van der Waals surface area contributed by atoms with Crippen molar-refractivity contribution >= 4 is 73.7 Å². The first kappa shape index (κ1) is 15.3. The van der Waals surface area contributed by atoms with Gasteiger partial charge < -0.3 is 4.90 Å². The molecule has 1 heterocycles. The molecular weight excluding hydrogens is 567 g/mol. The zero-order valence-electron chi connectivity index (χ0n) is 9.89. The van der Waals surface area contributed by atoms with Crippen LogP contribution in [0.1, 0.15) is 36.0 Å². The minimum absolute atomic E-state index is 0.206. The van der Waals surface area contributed by atoms with Gasteiger partial charge in [0, 0.05) is 23.8 Å². The summed E-state index contributed by atoms with van der Waals surface area (Å²) < 4.78 is 3.39. The average Bonchev–Trinajstić information content (AvgIpc) is 2.61. The second kappa shape index (κ2) is 7.05. The fraction of sp³-hybridized carbons (Fsp3) is 0.462. The molecule has 0 atom stereocenters. The summed E-state index contributed by atoms with van der Waals surface area (Å²) in [5.41, 5.74) is 0.869. The molecule has 2 nitrogen and oxygen atoms in total. The van der Waals surface area contributed by atoms with Crippen LogP contribution in [0.4, 0.5) is 0 Å². The van der Waals surface area contributed by atoms with Crippen molar-refractivity contribution in [3.05, 3.63) is 28.4 Å². The molecule has 0 spiro atoms. The van der Waals surface area contributed by atoms with Gasteiger partial charge >= 0.3 is 0 Å². The molecule has 1 aromatic carbocycles. The van der Waals surface area contributed by atoms with Crippen LogP contribution in [-0.4, -0.2) is 23.9 Å². The van der Waals surface area contributed by atoms with Crippen LogP contribution < -0.4 is 0 Å². The van der Waals surface area contributed by atoms with Gasteiger partial charge in [0.05, 0.1) is 5.56 Å². The van der Waals surface area contributed by atoms with E-state index in [9.17, 15) is 4.79 Å². The smallest absolute Gasteiger partial charge is 0.255 e. The van der Waals surface area contributed by atoms with Crippen LogP contribution in [0.3, 0.4) is 0 Å². The third kappa shape index (κ3) is 3.71. The molecule has 1 amide bonds. The Morgan fingerprint density at radius 3 is 2.22 bits per heavy atom. The maximum atomic E-state index is 12.6. The lowest BCUT2D eigenvalue weighted by Crippen LogP contribution is -2.32. The monoisotopic (exact) mass is 581 g/mol. The molecule has 0 aromatic heterocycles. The molecule has 1 aliphatic rings. The highest BCUT2D eigenvalue weighted by molar-refractivity contribution is 14.1. The predicted molar refractivity (Wildman–Crippen MR) is 99.0 cm³/mol. The highest BCUT2D eigenvalue weighted by Crippen LogP contribution is 2.24. The molecule has 0 radical (unpaired) electrons. The molecule has 1 fully saturated rings. The average molecular weight is 581 g/mol. The van der Waals surface area contributed by atoms with E-state index >= 15 is 0 Å². The van der Waals surface area contributed by atoms with Gasteiger partial charge in [-0.05, 0) is 92.7 Å². The van der Waals surface area contributed by atoms with Crippen molar-refractivity contribution in [3.8, 4) is 0 Å². The second-order valence-electron chi connectivity index (χ2n) is 4.46. The van der Waals surface area contributed by atoms with Gasteiger partial charge in [0.1, 0.15) is 0 Å². The number of hydrogen-bond donors (Lipinski definition) is 0. The SMILES string of the molecule is O=C(c1cc(I)cc(I)c1I)N1CCCCCC1. The van der Waals surface area contributed by atoms with E-state index in [1.165, 1.54) is 16.4 Å². The maximum absolute atomic E-state index is 12.6. The Balaban J connectivity index is 2.27. The zero-order valence-corrected chi connectivity index (χ0v) is 16.4. The first-order valence-electron chi connectivity index (χ1n) is 6.03. The molecule has 0 saturated carbocycles. The molecule has 1 aromatic rings. The number of benzene rings is 1. The lowest BCUT2D eigenvalue weighted by molar-refractivity contribution is 0.0760. The van der Waals surface area contributed by atoms with Crippen molar-refractivity contribution in [3.63, 3.8) is 0 Å². The number of nitrogens with zero attached hydrogens (tertiary/aromatic N) is 1. The number of carbonyl (C=O) groups is 1. The highest BCUT2D eigenvalue weighted by atomic mass is 127. The Morgan fingerprint density at radius 2 is 1.61 bits per heavy atom. The van der Waals surface area contributed by atoms with E-state index < -0.39 is 0 Å². The highest BCUT2D eigenvalue weighted by Gasteiger charge is 2.20. The van der Waals surface area contributed by atoms with E-state index in [-0.39, 0.29) is 5.91 Å². The molecule has 1 aliphatic heterocycles. The summed E-state index contributed by atoms with van der Waals surface area (Å²) in [6, 6.07) is 4.12. The molecule has 0 bridgehead atoms. The van der Waals surface area contributed by atoms with Gasteiger partial charge in [-0.3, -0.25) is 4.79 Å². The number of hydrogen-bond acceptors (Lipinski definition) is 1. The fourth-order valence-corrected chi connectivity index (χ4v) is 4.54. The number of amides is 1. The van der Waals surface area contributed by atoms with Gasteiger partial charge in [0.25, 0.3) is 5.91 Å². The first-order chi connectivity index (χ1) is 8.59. The van der Waals surface area contributed by atoms with Crippen LogP contribution in [0.15, 0.2) is 12.1 Å². The van der Waals surface area contributed by atoms with Crippen LogP contribution >= 0.6 is 67.8 Å². The zero-order chi connectivity index (χ0) is 13.1. The summed E-state index contributed by atoms with van der Waals surface area (Å²) in [6.07, 6.45) is 4.79. The van der Waals surface area contributed by atoms with Gasteiger partial charge in [0.15, 0.2) is 0 Å². The van der Waals surface area contributed by atoms with Crippen LogP contribution in [0.5, 0.6) is 0 Å². The lowest BCUT2D eigenvalue weighted by atomic mass is 10.2. The molecule has 0 unspecified atom stereocenters. The van der Waals surface area contributed by atoms with E-state index in [0.717, 1.165) is 38.6 Å². The number of carbonyl (C=O) groups excluding carboxylic acids is 1. The lowest BCUT2D eigenvalue weighted by Gasteiger charge is -2.21. The molecule has 18 heavy (non-hydrogen) atoms. The molecule has 5 heteroatoms. The van der Waals surface area contributed by atoms with E-state index in [2.05, 4.69) is 73.8 Å². The normalized spacial score (nSPS) is 16.5. The van der Waals surface area contributed by atoms with Crippen LogP contribution in [-0.2, 0) is 0 Å². The standard InChI is InChI=1S/C13H14I3NO/c14-9-7-10(12(16)11(15)8-9)13(18)17-5-3-1-2-4-6-17/h7-8H,1-6H2. The summed E-state index contributed by atoms with van der Waals surface area (Å²) >= 11 is 6.87. The van der Waals surface area contributed by atoms with E-state index in [4.69, 9.17) is 0 Å². The van der Waals surface area contributed by atoms with Gasteiger partial charge in [-0.15, -0.1) is 0 Å². The third-order valence-corrected chi connectivity index (χ3v) is 6.78. The Kier molecular flexibility index (Phi) is 5.98. The van der Waals surface area contributed by atoms with Crippen LogP contribution in [0, 0.1) is 10.7 Å². The Hall–Kier alpha value is 0.880. The second-order valence-corrected chi connectivity index (χ2v) is 7.94. The Bertz CT molecular complexity index is 454. The van der Waals surface area contributed by atoms with Crippen molar-refractivity contribution in [2.24, 2.45) is 0 Å². The summed E-state index contributed by atoms with van der Waals surface area (Å²) in [5.74, 6) is 0.206. The fourth-order valence-electron chi connectivity index (χ4n) is 2.16. The van der Waals surface area contributed by atoms with Crippen molar-refractivity contribution < 1.29 is 4.79 Å². The van der Waals surface area contributed by atoms with Crippen LogP contribution in [0.25, 0.3) is 0 Å². The van der Waals surface area contributed by atoms with Gasteiger partial charge in [-0.25, -0.2) is 0 Å². The molecule has 0 N–H and O–H groups in total. The van der Waals surface area contributed by atoms with E-state index in [0.29, 0.717) is 0 Å².